The molecule has 1 aliphatic rings. The molecule has 1 amide bonds. The Kier molecular flexibility index (Phi) is 4.49. The van der Waals surface area contributed by atoms with Crippen molar-refractivity contribution in [2.45, 2.75) is 46.0 Å². The van der Waals surface area contributed by atoms with Crippen molar-refractivity contribution in [1.82, 2.24) is 15.4 Å². The third-order valence-electron chi connectivity index (χ3n) is 3.11. The lowest BCUT2D eigenvalue weighted by atomic mass is 9.95. The van der Waals surface area contributed by atoms with E-state index in [1.165, 1.54) is 24.8 Å². The van der Waals surface area contributed by atoms with Gasteiger partial charge in [0.15, 0.2) is 0 Å². The second-order valence-electron chi connectivity index (χ2n) is 4.95. The van der Waals surface area contributed by atoms with Gasteiger partial charge in [0, 0.05) is 17.5 Å². The maximum absolute atomic E-state index is 11.7. The zero-order valence-corrected chi connectivity index (χ0v) is 11.5. The van der Waals surface area contributed by atoms with Crippen LogP contribution in [0.15, 0.2) is 17.7 Å². The van der Waals surface area contributed by atoms with Crippen molar-refractivity contribution in [2.24, 2.45) is 0 Å². The summed E-state index contributed by atoms with van der Waals surface area (Å²) in [6.07, 6.45) is 7.41. The number of hydrazine groups is 1. The average molecular weight is 260 g/mol. The Labute approximate surface area is 113 Å². The molecule has 19 heavy (non-hydrogen) atoms. The molecule has 0 unspecified atom stereocenters. The van der Waals surface area contributed by atoms with E-state index in [9.17, 15) is 4.79 Å². The minimum absolute atomic E-state index is 0.139. The smallest absolute Gasteiger partial charge is 0.262 e. The average Bonchev–Trinajstić information content (AvgIpc) is 2.36. The number of anilines is 1. The lowest BCUT2D eigenvalue weighted by Gasteiger charge is -2.13. The number of allylic oxidation sites excluding steroid dienone is 1. The summed E-state index contributed by atoms with van der Waals surface area (Å²) in [5, 5.41) is 0. The molecule has 1 aliphatic carbocycles. The van der Waals surface area contributed by atoms with Gasteiger partial charge in [-0.3, -0.25) is 15.6 Å². The fourth-order valence-electron chi connectivity index (χ4n) is 2.27. The first-order valence-electron chi connectivity index (χ1n) is 6.71. The molecule has 0 aromatic carbocycles. The maximum Gasteiger partial charge on any atom is 0.262 e. The number of carbonyl (C=O) groups is 1. The first-order valence-corrected chi connectivity index (χ1v) is 6.71. The van der Waals surface area contributed by atoms with Crippen molar-refractivity contribution in [3.05, 3.63) is 29.1 Å². The second kappa shape index (κ2) is 6.31. The summed E-state index contributed by atoms with van der Waals surface area (Å²) >= 11 is 0. The van der Waals surface area contributed by atoms with Crippen molar-refractivity contribution in [1.29, 1.82) is 0 Å². The van der Waals surface area contributed by atoms with Gasteiger partial charge in [0.05, 0.1) is 0 Å². The van der Waals surface area contributed by atoms with Gasteiger partial charge in [0.1, 0.15) is 0 Å². The minimum Gasteiger partial charge on any atom is -0.268 e. The quantitative estimate of drug-likeness (QED) is 0.647. The zero-order chi connectivity index (χ0) is 13.7. The lowest BCUT2D eigenvalue weighted by Crippen LogP contribution is -2.29. The number of hydrogen-bond acceptors (Lipinski definition) is 4. The minimum atomic E-state index is -0.139. The second-order valence-corrected chi connectivity index (χ2v) is 4.95. The van der Waals surface area contributed by atoms with E-state index in [1.54, 1.807) is 6.08 Å². The van der Waals surface area contributed by atoms with Crippen molar-refractivity contribution in [2.75, 3.05) is 5.43 Å². The molecule has 2 N–H and O–H groups in total. The molecule has 0 aliphatic heterocycles. The Balaban J connectivity index is 1.89. The SMILES string of the molecule is Cc1cc(C)nc(NNC(=O)C=C2CCCCC2)n1. The van der Waals surface area contributed by atoms with Crippen molar-refractivity contribution < 1.29 is 4.79 Å². The summed E-state index contributed by atoms with van der Waals surface area (Å²) in [6, 6.07) is 1.89. The molecule has 1 fully saturated rings. The van der Waals surface area contributed by atoms with Gasteiger partial charge in [-0.2, -0.15) is 0 Å². The fraction of sp³-hybridized carbons (Fsp3) is 0.500. The van der Waals surface area contributed by atoms with Gasteiger partial charge in [0.25, 0.3) is 5.91 Å². The van der Waals surface area contributed by atoms with Crippen LogP contribution in [0.5, 0.6) is 0 Å². The molecule has 0 spiro atoms. The molecular formula is C14H20N4O. The highest BCUT2D eigenvalue weighted by atomic mass is 16.2. The van der Waals surface area contributed by atoms with Crippen LogP contribution in [-0.2, 0) is 4.79 Å². The summed E-state index contributed by atoms with van der Waals surface area (Å²) in [6.45, 7) is 3.79. The van der Waals surface area contributed by atoms with Crippen molar-refractivity contribution >= 4 is 11.9 Å². The molecule has 102 valence electrons. The third kappa shape index (κ3) is 4.35. The predicted octanol–water partition coefficient (Wildman–Crippen LogP) is 2.43. The van der Waals surface area contributed by atoms with Crippen molar-refractivity contribution in [3.63, 3.8) is 0 Å². The predicted molar refractivity (Wildman–Crippen MR) is 74.4 cm³/mol. The van der Waals surface area contributed by atoms with Crippen molar-refractivity contribution in [3.8, 4) is 0 Å². The van der Waals surface area contributed by atoms with Crippen LogP contribution in [0, 0.1) is 13.8 Å². The monoisotopic (exact) mass is 260 g/mol. The largest absolute Gasteiger partial charge is 0.268 e. The van der Waals surface area contributed by atoms with Gasteiger partial charge in [-0.05, 0) is 45.6 Å². The normalized spacial score (nSPS) is 14.9. The Morgan fingerprint density at radius 1 is 1.16 bits per heavy atom. The van der Waals surface area contributed by atoms with Crippen LogP contribution in [0.2, 0.25) is 0 Å². The standard InChI is InChI=1S/C14H20N4O/c1-10-8-11(2)16-14(15-10)18-17-13(19)9-12-6-4-3-5-7-12/h8-9H,3-7H2,1-2H3,(H,17,19)(H,15,16,18). The highest BCUT2D eigenvalue weighted by molar-refractivity contribution is 5.88. The van der Waals surface area contributed by atoms with E-state index in [0.717, 1.165) is 24.2 Å². The molecule has 2 rings (SSSR count). The number of carbonyl (C=O) groups excluding carboxylic acids is 1. The number of hydrogen-bond donors (Lipinski definition) is 2. The van der Waals surface area contributed by atoms with Crippen LogP contribution in [0.4, 0.5) is 5.95 Å². The van der Waals surface area contributed by atoms with E-state index in [4.69, 9.17) is 0 Å². The molecule has 0 atom stereocenters. The number of aryl methyl sites for hydroxylation is 2. The summed E-state index contributed by atoms with van der Waals surface area (Å²) in [4.78, 5) is 20.1. The van der Waals surface area contributed by atoms with Gasteiger partial charge in [0.2, 0.25) is 5.95 Å². The van der Waals surface area contributed by atoms with E-state index in [2.05, 4.69) is 20.8 Å². The van der Waals surface area contributed by atoms with Gasteiger partial charge in [-0.15, -0.1) is 0 Å². The van der Waals surface area contributed by atoms with Gasteiger partial charge >= 0.3 is 0 Å². The van der Waals surface area contributed by atoms with E-state index in [1.807, 2.05) is 19.9 Å². The number of nitrogens with one attached hydrogen (secondary N) is 2. The number of amides is 1. The van der Waals surface area contributed by atoms with Crippen LogP contribution < -0.4 is 10.9 Å². The van der Waals surface area contributed by atoms with E-state index >= 15 is 0 Å². The summed E-state index contributed by atoms with van der Waals surface area (Å²) in [5.74, 6) is 0.285. The Bertz CT molecular complexity index is 468. The molecular weight excluding hydrogens is 240 g/mol. The van der Waals surface area contributed by atoms with E-state index in [0.29, 0.717) is 5.95 Å². The van der Waals surface area contributed by atoms with E-state index < -0.39 is 0 Å². The lowest BCUT2D eigenvalue weighted by molar-refractivity contribution is -0.116. The Morgan fingerprint density at radius 3 is 2.42 bits per heavy atom. The van der Waals surface area contributed by atoms with Crippen LogP contribution in [0.3, 0.4) is 0 Å². The summed E-state index contributed by atoms with van der Waals surface area (Å²) < 4.78 is 0. The van der Waals surface area contributed by atoms with Crippen LogP contribution in [-0.4, -0.2) is 15.9 Å². The first kappa shape index (κ1) is 13.5. The Hall–Kier alpha value is -1.91. The highest BCUT2D eigenvalue weighted by Gasteiger charge is 2.07. The molecule has 1 aromatic rings. The summed E-state index contributed by atoms with van der Waals surface area (Å²) in [7, 11) is 0. The summed E-state index contributed by atoms with van der Waals surface area (Å²) in [5.41, 5.74) is 8.33. The third-order valence-corrected chi connectivity index (χ3v) is 3.11. The molecule has 5 heteroatoms. The number of rotatable bonds is 3. The molecule has 0 radical (unpaired) electrons. The molecule has 1 aromatic heterocycles. The molecule has 0 bridgehead atoms. The van der Waals surface area contributed by atoms with Crippen LogP contribution >= 0.6 is 0 Å². The molecule has 1 heterocycles. The maximum atomic E-state index is 11.7. The number of nitrogens with zero attached hydrogens (tertiary/aromatic N) is 2. The van der Waals surface area contributed by atoms with Gasteiger partial charge in [-0.1, -0.05) is 12.0 Å². The Morgan fingerprint density at radius 2 is 1.79 bits per heavy atom. The van der Waals surface area contributed by atoms with Crippen LogP contribution in [0.1, 0.15) is 43.5 Å². The molecule has 5 nitrogen and oxygen atoms in total. The van der Waals surface area contributed by atoms with E-state index in [-0.39, 0.29) is 5.91 Å². The molecule has 1 saturated carbocycles. The van der Waals surface area contributed by atoms with Gasteiger partial charge in [-0.25, -0.2) is 9.97 Å². The topological polar surface area (TPSA) is 66.9 Å². The van der Waals surface area contributed by atoms with Gasteiger partial charge < -0.3 is 0 Å². The molecule has 0 saturated heterocycles. The fourth-order valence-corrected chi connectivity index (χ4v) is 2.27. The van der Waals surface area contributed by atoms with Crippen LogP contribution in [0.25, 0.3) is 0 Å². The number of aromatic nitrogens is 2. The first-order chi connectivity index (χ1) is 9.13. The zero-order valence-electron chi connectivity index (χ0n) is 11.5. The highest BCUT2D eigenvalue weighted by Crippen LogP contribution is 2.22.